The van der Waals surface area contributed by atoms with Gasteiger partial charge < -0.3 is 27.2 Å². The third kappa shape index (κ3) is 7.98. The summed E-state index contributed by atoms with van der Waals surface area (Å²) in [5, 5.41) is 12.9. The Bertz CT molecular complexity index is 333. The van der Waals surface area contributed by atoms with E-state index in [-0.39, 0.29) is 18.9 Å². The first-order valence-electron chi connectivity index (χ1n) is 6.06. The summed E-state index contributed by atoms with van der Waals surface area (Å²) in [5.41, 5.74) is 10.8. The Hall–Kier alpha value is -1.83. The van der Waals surface area contributed by atoms with E-state index in [4.69, 9.17) is 16.6 Å². The van der Waals surface area contributed by atoms with E-state index in [1.165, 1.54) is 0 Å². The van der Waals surface area contributed by atoms with Crippen molar-refractivity contribution in [2.75, 3.05) is 6.54 Å². The summed E-state index contributed by atoms with van der Waals surface area (Å²) >= 11 is 0. The minimum atomic E-state index is -1.18. The second-order valence-corrected chi connectivity index (χ2v) is 4.72. The first-order chi connectivity index (χ1) is 8.73. The van der Waals surface area contributed by atoms with E-state index in [9.17, 15) is 14.4 Å². The molecule has 0 spiro atoms. The number of hydrogen-bond donors (Lipinski definition) is 5. The van der Waals surface area contributed by atoms with Gasteiger partial charge in [0, 0.05) is 6.54 Å². The predicted molar refractivity (Wildman–Crippen MR) is 69.2 cm³/mol. The summed E-state index contributed by atoms with van der Waals surface area (Å²) in [5.74, 6) is -0.933. The fraction of sp³-hybridized carbons (Fsp3) is 0.727. The smallest absolute Gasteiger partial charge is 0.404 e. The molecule has 0 saturated carbocycles. The van der Waals surface area contributed by atoms with Crippen LogP contribution in [0, 0.1) is 5.92 Å². The molecule has 0 aliphatic rings. The molecule has 0 fully saturated rings. The van der Waals surface area contributed by atoms with Crippen LogP contribution in [-0.4, -0.2) is 41.6 Å². The summed E-state index contributed by atoms with van der Waals surface area (Å²) in [7, 11) is 0. The van der Waals surface area contributed by atoms with E-state index in [2.05, 4.69) is 10.6 Å². The number of carbonyl (C=O) groups is 3. The molecule has 0 aromatic rings. The molecule has 2 atom stereocenters. The molecule has 0 aromatic heterocycles. The van der Waals surface area contributed by atoms with Gasteiger partial charge in [0.15, 0.2) is 0 Å². The molecule has 110 valence electrons. The highest BCUT2D eigenvalue weighted by atomic mass is 16.4. The third-order valence-electron chi connectivity index (χ3n) is 2.44. The van der Waals surface area contributed by atoms with E-state index in [0.29, 0.717) is 6.42 Å². The zero-order valence-corrected chi connectivity index (χ0v) is 11.2. The minimum absolute atomic E-state index is 0.0648. The van der Waals surface area contributed by atoms with E-state index in [1.54, 1.807) is 0 Å². The van der Waals surface area contributed by atoms with Crippen LogP contribution in [0.5, 0.6) is 0 Å². The second-order valence-electron chi connectivity index (χ2n) is 4.72. The van der Waals surface area contributed by atoms with Crippen LogP contribution in [0.4, 0.5) is 4.79 Å². The van der Waals surface area contributed by atoms with Gasteiger partial charge in [-0.3, -0.25) is 9.59 Å². The van der Waals surface area contributed by atoms with Crippen LogP contribution < -0.4 is 22.1 Å². The van der Waals surface area contributed by atoms with Crippen LogP contribution in [0.2, 0.25) is 0 Å². The van der Waals surface area contributed by atoms with E-state index in [1.807, 2.05) is 13.8 Å². The summed E-state index contributed by atoms with van der Waals surface area (Å²) in [4.78, 5) is 33.1. The van der Waals surface area contributed by atoms with Gasteiger partial charge in [0.2, 0.25) is 11.8 Å². The predicted octanol–water partition coefficient (Wildman–Crippen LogP) is -1.01. The molecule has 19 heavy (non-hydrogen) atoms. The summed E-state index contributed by atoms with van der Waals surface area (Å²) in [6.45, 7) is 3.87. The van der Waals surface area contributed by atoms with Crippen molar-refractivity contribution < 1.29 is 19.5 Å². The van der Waals surface area contributed by atoms with Crippen molar-refractivity contribution in [3.8, 4) is 0 Å². The molecule has 0 aromatic carbocycles. The van der Waals surface area contributed by atoms with E-state index >= 15 is 0 Å². The lowest BCUT2D eigenvalue weighted by Gasteiger charge is -2.20. The van der Waals surface area contributed by atoms with Gasteiger partial charge in [-0.15, -0.1) is 0 Å². The minimum Gasteiger partial charge on any atom is -0.465 e. The molecule has 0 rings (SSSR count). The van der Waals surface area contributed by atoms with Crippen LogP contribution in [0.3, 0.4) is 0 Å². The Labute approximate surface area is 111 Å². The molecule has 0 aliphatic carbocycles. The molecule has 3 amide bonds. The van der Waals surface area contributed by atoms with Gasteiger partial charge in [0.25, 0.3) is 0 Å². The molecule has 8 nitrogen and oxygen atoms in total. The van der Waals surface area contributed by atoms with Crippen molar-refractivity contribution in [1.82, 2.24) is 10.6 Å². The fourth-order valence-electron chi connectivity index (χ4n) is 1.46. The Morgan fingerprint density at radius 2 is 1.84 bits per heavy atom. The maximum absolute atomic E-state index is 11.7. The first kappa shape index (κ1) is 17.2. The quantitative estimate of drug-likeness (QED) is 0.384. The zero-order valence-electron chi connectivity index (χ0n) is 11.2. The summed E-state index contributed by atoms with van der Waals surface area (Å²) in [6, 6.07) is -1.65. The van der Waals surface area contributed by atoms with Gasteiger partial charge in [-0.25, -0.2) is 4.79 Å². The van der Waals surface area contributed by atoms with Gasteiger partial charge in [-0.05, 0) is 18.8 Å². The molecule has 0 radical (unpaired) electrons. The molecule has 0 saturated heterocycles. The van der Waals surface area contributed by atoms with Crippen molar-refractivity contribution in [3.05, 3.63) is 0 Å². The van der Waals surface area contributed by atoms with E-state index < -0.39 is 30.0 Å². The Morgan fingerprint density at radius 1 is 1.26 bits per heavy atom. The van der Waals surface area contributed by atoms with Gasteiger partial charge in [-0.1, -0.05) is 13.8 Å². The van der Waals surface area contributed by atoms with Crippen LogP contribution in [0.15, 0.2) is 0 Å². The number of carbonyl (C=O) groups excluding carboxylic acids is 2. The Morgan fingerprint density at radius 3 is 2.26 bits per heavy atom. The van der Waals surface area contributed by atoms with Crippen LogP contribution in [0.25, 0.3) is 0 Å². The number of nitrogens with one attached hydrogen (secondary N) is 2. The molecule has 0 aliphatic heterocycles. The van der Waals surface area contributed by atoms with Crippen molar-refractivity contribution >= 4 is 17.9 Å². The maximum atomic E-state index is 11.7. The average Bonchev–Trinajstić information content (AvgIpc) is 2.26. The molecule has 0 bridgehead atoms. The van der Waals surface area contributed by atoms with Gasteiger partial charge >= 0.3 is 6.09 Å². The lowest BCUT2D eigenvalue weighted by molar-refractivity contribution is -0.128. The van der Waals surface area contributed by atoms with Gasteiger partial charge in [0.1, 0.15) is 6.04 Å². The lowest BCUT2D eigenvalue weighted by Crippen LogP contribution is -2.51. The standard InChI is InChI=1S/C11H22N4O4/c1-6(2)5-8(9(13)16)15-10(17)7(12)3-4-14-11(18)19/h6-8,14H,3-5,12H2,1-2H3,(H2,13,16)(H,15,17)(H,18,19). The van der Waals surface area contributed by atoms with Crippen LogP contribution >= 0.6 is 0 Å². The Balaban J connectivity index is 4.23. The monoisotopic (exact) mass is 274 g/mol. The maximum Gasteiger partial charge on any atom is 0.404 e. The average molecular weight is 274 g/mol. The third-order valence-corrected chi connectivity index (χ3v) is 2.44. The number of carboxylic acid groups (broad SMARTS) is 1. The fourth-order valence-corrected chi connectivity index (χ4v) is 1.46. The van der Waals surface area contributed by atoms with Gasteiger partial charge in [0.05, 0.1) is 6.04 Å². The molecule has 0 heterocycles. The highest BCUT2D eigenvalue weighted by Gasteiger charge is 2.22. The Kier molecular flexibility index (Phi) is 7.50. The highest BCUT2D eigenvalue weighted by molar-refractivity contribution is 5.88. The molecule has 7 N–H and O–H groups in total. The van der Waals surface area contributed by atoms with Gasteiger partial charge in [-0.2, -0.15) is 0 Å². The van der Waals surface area contributed by atoms with E-state index in [0.717, 1.165) is 0 Å². The SMILES string of the molecule is CC(C)CC(NC(=O)C(N)CCNC(=O)O)C(N)=O. The largest absolute Gasteiger partial charge is 0.465 e. The molecule has 8 heteroatoms. The number of nitrogens with two attached hydrogens (primary N) is 2. The molecular formula is C11H22N4O4. The number of hydrogen-bond acceptors (Lipinski definition) is 4. The number of rotatable bonds is 8. The normalized spacial score (nSPS) is 13.7. The second kappa shape index (κ2) is 8.30. The first-order valence-corrected chi connectivity index (χ1v) is 6.06. The lowest BCUT2D eigenvalue weighted by atomic mass is 10.0. The van der Waals surface area contributed by atoms with Crippen LogP contribution in [-0.2, 0) is 9.59 Å². The number of primary amides is 1. The zero-order chi connectivity index (χ0) is 15.0. The van der Waals surface area contributed by atoms with Crippen molar-refractivity contribution in [3.63, 3.8) is 0 Å². The number of amides is 3. The van der Waals surface area contributed by atoms with Crippen molar-refractivity contribution in [2.45, 2.75) is 38.8 Å². The summed E-state index contributed by atoms with van der Waals surface area (Å²) < 4.78 is 0. The highest BCUT2D eigenvalue weighted by Crippen LogP contribution is 2.04. The molecular weight excluding hydrogens is 252 g/mol. The van der Waals surface area contributed by atoms with Crippen LogP contribution in [0.1, 0.15) is 26.7 Å². The van der Waals surface area contributed by atoms with Crippen molar-refractivity contribution in [1.29, 1.82) is 0 Å². The summed E-state index contributed by atoms with van der Waals surface area (Å²) in [6.07, 6.45) is -0.602. The van der Waals surface area contributed by atoms with Crippen molar-refractivity contribution in [2.24, 2.45) is 17.4 Å². The topological polar surface area (TPSA) is 148 Å². The molecule has 2 unspecified atom stereocenters.